The van der Waals surface area contributed by atoms with Gasteiger partial charge in [-0.25, -0.2) is 0 Å². The topological polar surface area (TPSA) is 75.9 Å². The first-order chi connectivity index (χ1) is 72.4. The maximum Gasteiger partial charge on any atom is 0.160 e. The third-order valence-electron chi connectivity index (χ3n) is 32.4. The Bertz CT molecular complexity index is 11200. The number of furan rings is 3. The van der Waals surface area contributed by atoms with E-state index in [1.807, 2.05) is 23.5 Å². The lowest BCUT2D eigenvalue weighted by molar-refractivity contribution is 0.669. The van der Waals surface area contributed by atoms with Crippen LogP contribution in [0.25, 0.3) is 277 Å². The van der Waals surface area contributed by atoms with Crippen molar-refractivity contribution < 1.29 is 13.3 Å². The summed E-state index contributed by atoms with van der Waals surface area (Å²) in [6.07, 6.45) is 1.93. The van der Waals surface area contributed by atoms with Gasteiger partial charge in [0.05, 0.1) is 37.7 Å². The van der Waals surface area contributed by atoms with E-state index in [1.54, 1.807) is 0 Å². The number of hydrogen-bond acceptors (Lipinski definition) is 4. The first-order valence-electron chi connectivity index (χ1n) is 50.5. The monoisotopic (exact) mass is 1870 g/mol. The molecule has 0 fully saturated rings. The third kappa shape index (κ3) is 11.7. The zero-order chi connectivity index (χ0) is 95.2. The molecule has 7 heteroatoms. The summed E-state index contributed by atoms with van der Waals surface area (Å²) in [6, 6.07) is 169. The lowest BCUT2D eigenvalue weighted by atomic mass is 9.70. The predicted molar refractivity (Wildman–Crippen MR) is 615 cm³/mol. The van der Waals surface area contributed by atoms with Crippen LogP contribution in [0.3, 0.4) is 0 Å². The molecular formula is C139H83N3O3S. The van der Waals surface area contributed by atoms with Crippen molar-refractivity contribution in [3.63, 3.8) is 0 Å². The van der Waals surface area contributed by atoms with Gasteiger partial charge in [-0.1, -0.05) is 388 Å². The van der Waals surface area contributed by atoms with E-state index in [4.69, 9.17) is 13.3 Å². The zero-order valence-corrected chi connectivity index (χ0v) is 79.8. The third-order valence-corrected chi connectivity index (χ3v) is 33.6. The maximum atomic E-state index is 6.65. The molecule has 0 bridgehead atoms. The maximum absolute atomic E-state index is 6.65. The van der Waals surface area contributed by atoms with Crippen molar-refractivity contribution in [3.8, 4) is 50.2 Å². The van der Waals surface area contributed by atoms with Gasteiger partial charge in [0.2, 0.25) is 0 Å². The molecule has 678 valence electrons. The second-order valence-electron chi connectivity index (χ2n) is 39.7. The highest BCUT2D eigenvalue weighted by atomic mass is 32.1. The smallest absolute Gasteiger partial charge is 0.160 e. The van der Waals surface area contributed by atoms with Gasteiger partial charge in [0, 0.05) is 109 Å². The Kier molecular flexibility index (Phi) is 17.3. The average Bonchev–Trinajstić information content (AvgIpc) is 1.49. The summed E-state index contributed by atoms with van der Waals surface area (Å²) in [5, 5.41) is 35.3. The number of nitrogens with zero attached hydrogens (tertiary/aromatic N) is 1. The molecule has 0 atom stereocenters. The van der Waals surface area contributed by atoms with E-state index in [0.717, 1.165) is 90.1 Å². The fourth-order valence-electron chi connectivity index (χ4n) is 26.1. The van der Waals surface area contributed by atoms with Gasteiger partial charge in [0.15, 0.2) is 11.2 Å². The van der Waals surface area contributed by atoms with Crippen molar-refractivity contribution in [1.82, 2.24) is 14.5 Å². The fourth-order valence-corrected chi connectivity index (χ4v) is 27.3. The molecular weight excluding hydrogens is 1790 g/mol. The first kappa shape index (κ1) is 81.1. The number of hydrogen-bond donors (Lipinski definition) is 2. The highest BCUT2D eigenvalue weighted by molar-refractivity contribution is 7.26. The number of para-hydroxylation sites is 3. The Labute approximate surface area is 839 Å². The minimum absolute atomic E-state index is 0.312. The van der Waals surface area contributed by atoms with E-state index in [-0.39, 0.29) is 5.41 Å². The molecule has 0 saturated heterocycles. The number of fused-ring (bicyclic) bond motifs is 54. The molecule has 0 unspecified atom stereocenters. The van der Waals surface area contributed by atoms with Gasteiger partial charge in [0.1, 0.15) is 22.3 Å². The molecule has 36 rings (SSSR count). The van der Waals surface area contributed by atoms with Gasteiger partial charge < -0.3 is 27.8 Å². The van der Waals surface area contributed by atoms with Gasteiger partial charge in [-0.15, -0.1) is 11.3 Å². The van der Waals surface area contributed by atoms with Gasteiger partial charge in [0.25, 0.3) is 0 Å². The van der Waals surface area contributed by atoms with Crippen LogP contribution in [0.4, 0.5) is 0 Å². The van der Waals surface area contributed by atoms with Gasteiger partial charge >= 0.3 is 0 Å². The molecule has 1 spiro atoms. The summed E-state index contributed by atoms with van der Waals surface area (Å²) >= 11 is 1.88. The van der Waals surface area contributed by atoms with Crippen molar-refractivity contribution >= 4 is 238 Å². The Morgan fingerprint density at radius 2 is 0.685 bits per heavy atom. The molecule has 4 aliphatic rings. The van der Waals surface area contributed by atoms with Crippen LogP contribution in [-0.4, -0.2) is 14.5 Å². The standard InChI is InChI=1S/C40H24.C28H17NO.C27H16O.C22H13NO.C22H13NS/c1-3-11-26-24(9-1)17-19-28-29-20-22-37-39(33(29)23-32(26)28)38-27-12-4-2-10-25(27)18-21-36(38)40(37)34-15-7-5-13-30(34)31-14-6-8-16-35(31)40;1-2-9-19(10-3-1)29-25-13-7-6-12-21(25)22-16-17-24-23-15-14-18-8-4-5-11-20(18)27(23)30-28(24)26(22)29;1-2-7-18-14-26-24(13-17(18)6-1)27-23-15-22-19-8-4-3-5-16(19)9-10-20(22)21(23)11-12-25(27)28-26;1-2-6-14-12-19-18(11-13(14)5-1)16-9-10-17-15-7-3-4-8-20(15)24-22(17)21(16)23-19;1-2-6-14-13(5-1)9-10-16-17-11-12-18-15-7-3-4-8-19(15)24-22(18)21(17)23-20(14)16/h1-22H,23H2;1-17H;1-14H,15H2;2*1-12,23H. The summed E-state index contributed by atoms with van der Waals surface area (Å²) < 4.78 is 24.1. The Morgan fingerprint density at radius 1 is 0.226 bits per heavy atom. The molecule has 6 nitrogen and oxygen atoms in total. The summed E-state index contributed by atoms with van der Waals surface area (Å²) in [5.41, 5.74) is 36.2. The van der Waals surface area contributed by atoms with Crippen LogP contribution in [0.1, 0.15) is 44.5 Å². The normalized spacial score (nSPS) is 12.9. The summed E-state index contributed by atoms with van der Waals surface area (Å²) in [6.45, 7) is 0. The number of H-pyrrole nitrogens is 2. The van der Waals surface area contributed by atoms with Crippen LogP contribution in [0.2, 0.25) is 0 Å². The van der Waals surface area contributed by atoms with Crippen LogP contribution in [-0.2, 0) is 18.3 Å². The molecule has 7 aromatic heterocycles. The largest absolute Gasteiger partial charge is 0.456 e. The quantitative estimate of drug-likeness (QED) is 0.172. The molecule has 146 heavy (non-hydrogen) atoms. The summed E-state index contributed by atoms with van der Waals surface area (Å²) in [7, 11) is 0. The molecule has 2 N–H and O–H groups in total. The molecule has 7 heterocycles. The number of aromatic nitrogens is 3. The van der Waals surface area contributed by atoms with Gasteiger partial charge in [-0.2, -0.15) is 0 Å². The number of nitrogens with one attached hydrogen (secondary N) is 2. The predicted octanol–water partition coefficient (Wildman–Crippen LogP) is 38.4. The average molecular weight is 1880 g/mol. The van der Waals surface area contributed by atoms with Crippen molar-refractivity contribution in [1.29, 1.82) is 0 Å². The van der Waals surface area contributed by atoms with Crippen LogP contribution in [0.5, 0.6) is 0 Å². The molecule has 4 aliphatic carbocycles. The molecule has 0 radical (unpaired) electrons. The molecule has 0 aliphatic heterocycles. The van der Waals surface area contributed by atoms with E-state index in [0.29, 0.717) is 0 Å². The molecule has 0 amide bonds. The van der Waals surface area contributed by atoms with Crippen molar-refractivity contribution in [2.45, 2.75) is 18.3 Å². The summed E-state index contributed by atoms with van der Waals surface area (Å²) in [4.78, 5) is 7.32. The van der Waals surface area contributed by atoms with Gasteiger partial charge in [-0.3, -0.25) is 0 Å². The van der Waals surface area contributed by atoms with E-state index >= 15 is 0 Å². The van der Waals surface area contributed by atoms with Crippen LogP contribution in [0.15, 0.2) is 480 Å². The lowest BCUT2D eigenvalue weighted by Gasteiger charge is -2.30. The Morgan fingerprint density at radius 3 is 1.40 bits per heavy atom. The zero-order valence-electron chi connectivity index (χ0n) is 79.0. The van der Waals surface area contributed by atoms with Crippen LogP contribution >= 0.6 is 11.3 Å². The van der Waals surface area contributed by atoms with Crippen molar-refractivity contribution in [3.05, 3.63) is 512 Å². The number of rotatable bonds is 1. The molecule has 25 aromatic carbocycles. The molecule has 0 saturated carbocycles. The minimum atomic E-state index is -0.312. The van der Waals surface area contributed by atoms with Gasteiger partial charge in [-0.05, 0) is 239 Å². The van der Waals surface area contributed by atoms with E-state index in [1.165, 1.54) is 244 Å². The number of thiophene rings is 1. The van der Waals surface area contributed by atoms with Crippen LogP contribution < -0.4 is 0 Å². The molecule has 32 aromatic rings. The highest BCUT2D eigenvalue weighted by Crippen LogP contribution is 2.66. The van der Waals surface area contributed by atoms with Crippen molar-refractivity contribution in [2.24, 2.45) is 0 Å². The van der Waals surface area contributed by atoms with E-state index < -0.39 is 0 Å². The second-order valence-corrected chi connectivity index (χ2v) is 40.8. The first-order valence-corrected chi connectivity index (χ1v) is 51.3. The fraction of sp³-hybridized carbons (Fsp3) is 0.0216. The van der Waals surface area contributed by atoms with Crippen LogP contribution in [0, 0.1) is 0 Å². The summed E-state index contributed by atoms with van der Waals surface area (Å²) in [5.74, 6) is 0. The highest BCUT2D eigenvalue weighted by Gasteiger charge is 2.53. The SMILES string of the molecule is c1ccc(-n2c3ccccc3c3ccc4c5ccc6ccccc6c5oc4c32)cc1.c1ccc2c(c1)-c1ccccc1C21c2ccc3c(c2-c2c1ccc1ccccc21)Cc1c-3ccc2ccccc12.c1ccc2c(c1)ccc1c3ccc4c5ccccc5sc4c3[nH]c21.c1ccc2cc3c(cc2c1)[nH]c1c3ccc2c3ccccc3oc21.c1ccc2cc3c(cc2c1)oc1ccc2c(c13)Cc1c-2ccc2ccccc12. The Hall–Kier alpha value is -18.7. The minimum Gasteiger partial charge on any atom is -0.456 e. The number of benzene rings is 25. The second kappa shape index (κ2) is 31.2. The van der Waals surface area contributed by atoms with Crippen molar-refractivity contribution in [2.75, 3.05) is 0 Å². The lowest BCUT2D eigenvalue weighted by Crippen LogP contribution is -2.25. The number of aromatic amines is 2. The Balaban J connectivity index is 0.0000000824. The van der Waals surface area contributed by atoms with E-state index in [2.05, 4.69) is 470 Å². The van der Waals surface area contributed by atoms with E-state index in [9.17, 15) is 0 Å².